The van der Waals surface area contributed by atoms with Crippen molar-refractivity contribution in [1.82, 2.24) is 5.32 Å². The third-order valence-electron chi connectivity index (χ3n) is 1.94. The average Bonchev–Trinajstić information content (AvgIpc) is 2.30. The molecule has 0 bridgehead atoms. The number of rotatable bonds is 6. The normalized spacial score (nSPS) is 14.6. The lowest BCUT2D eigenvalue weighted by atomic mass is 10.2. The van der Waals surface area contributed by atoms with E-state index in [0.29, 0.717) is 4.43 Å². The van der Waals surface area contributed by atoms with Gasteiger partial charge in [0.05, 0.1) is 20.3 Å². The minimum Gasteiger partial charge on any atom is -0.467 e. The number of hydrogen-bond donors (Lipinski definition) is 1. The highest BCUT2D eigenvalue weighted by Crippen LogP contribution is 2.14. The summed E-state index contributed by atoms with van der Waals surface area (Å²) in [5.74, 6) is -0.541. The zero-order chi connectivity index (χ0) is 14.3. The largest absolute Gasteiger partial charge is 0.467 e. The van der Waals surface area contributed by atoms with E-state index < -0.39 is 32.5 Å². The third-order valence-corrected chi connectivity index (χ3v) is 3.82. The number of esters is 1. The second kappa shape index (κ2) is 7.95. The molecule has 0 aromatic heterocycles. The number of alkyl halides is 1. The molecule has 8 heteroatoms. The fourth-order valence-corrected chi connectivity index (χ4v) is 3.41. The Morgan fingerprint density at radius 1 is 1.22 bits per heavy atom. The van der Waals surface area contributed by atoms with E-state index in [4.69, 9.17) is 4.43 Å². The molecule has 6 nitrogen and oxygen atoms in total. The van der Waals surface area contributed by atoms with Crippen molar-refractivity contribution < 1.29 is 23.5 Å². The van der Waals surface area contributed by atoms with Crippen LogP contribution in [-0.2, 0) is 18.7 Å². The van der Waals surface area contributed by atoms with Crippen LogP contribution in [0.5, 0.6) is 0 Å². The molecule has 0 saturated heterocycles. The Balaban J connectivity index is 4.89. The number of hydrogen-bond acceptors (Lipinski definition) is 5. The van der Waals surface area contributed by atoms with Crippen LogP contribution < -0.4 is 5.32 Å². The molecule has 0 aromatic carbocycles. The molecule has 0 saturated carbocycles. The van der Waals surface area contributed by atoms with Gasteiger partial charge < -0.3 is 19.2 Å². The molecule has 2 atom stereocenters. The topological polar surface area (TPSA) is 73.9 Å². The maximum absolute atomic E-state index is 11.7. The monoisotopic (exact) mass is 389 g/mol. The summed E-state index contributed by atoms with van der Waals surface area (Å²) in [5.41, 5.74) is 0. The Kier molecular flexibility index (Phi) is 7.79. The van der Waals surface area contributed by atoms with Crippen molar-refractivity contribution in [2.75, 3.05) is 18.6 Å². The standard InChI is InChI=1S/C10H20INO5Si/c1-15-9(13)8(12-10(14)16-2)7(6-11)17-18(3,4)5/h7-8H,6H2,1-5H3,(H,12,14). The van der Waals surface area contributed by atoms with Crippen LogP contribution in [0.4, 0.5) is 4.79 Å². The Morgan fingerprint density at radius 2 is 1.78 bits per heavy atom. The predicted molar refractivity (Wildman–Crippen MR) is 78.5 cm³/mol. The fraction of sp³-hybridized carbons (Fsp3) is 0.800. The summed E-state index contributed by atoms with van der Waals surface area (Å²) in [6.45, 7) is 6.04. The van der Waals surface area contributed by atoms with Crippen molar-refractivity contribution in [3.63, 3.8) is 0 Å². The van der Waals surface area contributed by atoms with Crippen molar-refractivity contribution >= 4 is 43.0 Å². The summed E-state index contributed by atoms with van der Waals surface area (Å²) in [7, 11) is 0.681. The highest BCUT2D eigenvalue weighted by atomic mass is 127. The van der Waals surface area contributed by atoms with E-state index >= 15 is 0 Å². The molecule has 0 aromatic rings. The molecule has 0 spiro atoms. The van der Waals surface area contributed by atoms with Gasteiger partial charge in [0, 0.05) is 4.43 Å². The van der Waals surface area contributed by atoms with E-state index in [1.54, 1.807) is 0 Å². The molecule has 0 heterocycles. The van der Waals surface area contributed by atoms with Crippen LogP contribution in [0.2, 0.25) is 19.6 Å². The number of methoxy groups -OCH3 is 2. The van der Waals surface area contributed by atoms with E-state index in [9.17, 15) is 9.59 Å². The van der Waals surface area contributed by atoms with Gasteiger partial charge in [0.15, 0.2) is 14.4 Å². The zero-order valence-corrected chi connectivity index (χ0v) is 14.4. The number of alkyl carbamates (subject to hydrolysis) is 1. The van der Waals surface area contributed by atoms with Crippen LogP contribution in [0.15, 0.2) is 0 Å². The lowest BCUT2D eigenvalue weighted by Gasteiger charge is -2.30. The maximum Gasteiger partial charge on any atom is 0.407 e. The molecule has 0 aliphatic heterocycles. The third kappa shape index (κ3) is 6.54. The van der Waals surface area contributed by atoms with E-state index in [1.807, 2.05) is 19.6 Å². The molecular formula is C10H20INO5Si. The SMILES string of the molecule is COC(=O)NC(C(=O)OC)C(CI)O[Si](C)(C)C. The molecule has 106 valence electrons. The summed E-state index contributed by atoms with van der Waals surface area (Å²) in [6, 6.07) is -0.855. The highest BCUT2D eigenvalue weighted by molar-refractivity contribution is 14.1. The van der Waals surface area contributed by atoms with Gasteiger partial charge >= 0.3 is 12.1 Å². The lowest BCUT2D eigenvalue weighted by Crippen LogP contribution is -2.53. The first-order valence-corrected chi connectivity index (χ1v) is 10.3. The molecule has 2 unspecified atom stereocenters. The van der Waals surface area contributed by atoms with Crippen molar-refractivity contribution in [2.45, 2.75) is 31.8 Å². The van der Waals surface area contributed by atoms with Gasteiger partial charge in [-0.05, 0) is 19.6 Å². The van der Waals surface area contributed by atoms with Crippen LogP contribution >= 0.6 is 22.6 Å². The predicted octanol–water partition coefficient (Wildman–Crippen LogP) is 1.54. The first-order valence-electron chi connectivity index (χ1n) is 5.41. The first-order chi connectivity index (χ1) is 8.25. The second-order valence-electron chi connectivity index (χ2n) is 4.56. The maximum atomic E-state index is 11.7. The number of amides is 1. The minimum atomic E-state index is -1.83. The van der Waals surface area contributed by atoms with Crippen molar-refractivity contribution in [1.29, 1.82) is 0 Å². The van der Waals surface area contributed by atoms with E-state index in [2.05, 4.69) is 37.4 Å². The van der Waals surface area contributed by atoms with E-state index in [-0.39, 0.29) is 0 Å². The Hall–Kier alpha value is -0.353. The second-order valence-corrected chi connectivity index (χ2v) is 9.90. The smallest absolute Gasteiger partial charge is 0.407 e. The van der Waals surface area contributed by atoms with Crippen molar-refractivity contribution in [3.8, 4) is 0 Å². The Labute approximate surface area is 122 Å². The molecule has 0 radical (unpaired) electrons. The average molecular weight is 389 g/mol. The lowest BCUT2D eigenvalue weighted by molar-refractivity contribution is -0.145. The van der Waals surface area contributed by atoms with Gasteiger partial charge in [-0.2, -0.15) is 0 Å². The first kappa shape index (κ1) is 17.6. The summed E-state index contributed by atoms with van der Waals surface area (Å²) in [5, 5.41) is 2.45. The molecule has 1 amide bonds. The molecule has 0 aliphatic carbocycles. The summed E-state index contributed by atoms with van der Waals surface area (Å²) in [4.78, 5) is 22.9. The number of nitrogens with one attached hydrogen (secondary N) is 1. The van der Waals surface area contributed by atoms with Gasteiger partial charge in [0.2, 0.25) is 0 Å². The number of halogens is 1. The van der Waals surface area contributed by atoms with Gasteiger partial charge in [-0.15, -0.1) is 0 Å². The van der Waals surface area contributed by atoms with Crippen LogP contribution in [-0.4, -0.2) is 51.2 Å². The summed E-state index contributed by atoms with van der Waals surface area (Å²) in [6.07, 6.45) is -1.11. The fourth-order valence-electron chi connectivity index (χ4n) is 1.26. The molecule has 0 rings (SSSR count). The molecule has 0 fully saturated rings. The van der Waals surface area contributed by atoms with Gasteiger partial charge in [0.25, 0.3) is 0 Å². The Morgan fingerprint density at radius 3 is 2.11 bits per heavy atom. The van der Waals surface area contributed by atoms with Crippen LogP contribution in [0.3, 0.4) is 0 Å². The highest BCUT2D eigenvalue weighted by Gasteiger charge is 2.34. The number of carbonyl (C=O) groups is 2. The molecule has 1 N–H and O–H groups in total. The van der Waals surface area contributed by atoms with Crippen LogP contribution in [0.1, 0.15) is 0 Å². The quantitative estimate of drug-likeness (QED) is 0.323. The van der Waals surface area contributed by atoms with Crippen LogP contribution in [0, 0.1) is 0 Å². The number of carbonyl (C=O) groups excluding carboxylic acids is 2. The van der Waals surface area contributed by atoms with Crippen molar-refractivity contribution in [3.05, 3.63) is 0 Å². The zero-order valence-electron chi connectivity index (χ0n) is 11.3. The molecule has 18 heavy (non-hydrogen) atoms. The minimum absolute atomic E-state index is 0.427. The molecular weight excluding hydrogens is 369 g/mol. The van der Waals surface area contributed by atoms with Crippen molar-refractivity contribution in [2.24, 2.45) is 0 Å². The van der Waals surface area contributed by atoms with E-state index in [0.717, 1.165) is 0 Å². The van der Waals surface area contributed by atoms with E-state index in [1.165, 1.54) is 14.2 Å². The Bertz CT molecular complexity index is 294. The van der Waals surface area contributed by atoms with Gasteiger partial charge in [0.1, 0.15) is 0 Å². The van der Waals surface area contributed by atoms with Crippen LogP contribution in [0.25, 0.3) is 0 Å². The molecule has 0 aliphatic rings. The number of ether oxygens (including phenoxy) is 2. The summed E-state index contributed by atoms with van der Waals surface area (Å²) < 4.78 is 15.6. The van der Waals surface area contributed by atoms with Gasteiger partial charge in [-0.1, -0.05) is 22.6 Å². The van der Waals surface area contributed by atoms with Gasteiger partial charge in [-0.3, -0.25) is 0 Å². The summed E-state index contributed by atoms with van der Waals surface area (Å²) >= 11 is 2.11. The van der Waals surface area contributed by atoms with Gasteiger partial charge in [-0.25, -0.2) is 9.59 Å².